The summed E-state index contributed by atoms with van der Waals surface area (Å²) in [7, 11) is -3.80. The summed E-state index contributed by atoms with van der Waals surface area (Å²) in [6, 6.07) is 11.7. The van der Waals surface area contributed by atoms with Crippen LogP contribution in [0.2, 0.25) is 0 Å². The first-order valence-electron chi connectivity index (χ1n) is 9.02. The number of para-hydroxylation sites is 1. The average Bonchev–Trinajstić information content (AvgIpc) is 3.46. The number of aryl methyl sites for hydroxylation is 2. The van der Waals surface area contributed by atoms with E-state index in [4.69, 9.17) is 5.73 Å². The van der Waals surface area contributed by atoms with Crippen molar-refractivity contribution >= 4 is 34.0 Å². The Morgan fingerprint density at radius 3 is 2.43 bits per heavy atom. The average molecular weight is 424 g/mol. The maximum Gasteiger partial charge on any atom is 0.261 e. The van der Waals surface area contributed by atoms with Gasteiger partial charge in [0.25, 0.3) is 15.9 Å². The minimum Gasteiger partial charge on any atom is -0.348 e. The van der Waals surface area contributed by atoms with E-state index in [1.807, 2.05) is 19.1 Å². The van der Waals surface area contributed by atoms with Gasteiger partial charge in [0.2, 0.25) is 0 Å². The van der Waals surface area contributed by atoms with Gasteiger partial charge < -0.3 is 11.1 Å². The first kappa shape index (κ1) is 22.2. The monoisotopic (exact) mass is 423 g/mol. The molecule has 8 heteroatoms. The highest BCUT2D eigenvalue weighted by Gasteiger charge is 2.31. The summed E-state index contributed by atoms with van der Waals surface area (Å²) in [6.07, 6.45) is 2.13. The molecule has 0 spiro atoms. The third-order valence-corrected chi connectivity index (χ3v) is 6.28. The van der Waals surface area contributed by atoms with E-state index < -0.39 is 10.0 Å². The summed E-state index contributed by atoms with van der Waals surface area (Å²) in [5.74, 6) is 0.136. The third-order valence-electron chi connectivity index (χ3n) is 4.91. The quantitative estimate of drug-likeness (QED) is 0.637. The van der Waals surface area contributed by atoms with Gasteiger partial charge in [0.15, 0.2) is 0 Å². The smallest absolute Gasteiger partial charge is 0.261 e. The Balaban J connectivity index is 0.00000280. The number of nitrogens with one attached hydrogen (secondary N) is 2. The molecule has 1 saturated carbocycles. The van der Waals surface area contributed by atoms with E-state index in [1.54, 1.807) is 25.1 Å². The molecule has 1 amide bonds. The number of hydrogen-bond donors (Lipinski definition) is 3. The van der Waals surface area contributed by atoms with Crippen LogP contribution in [0.3, 0.4) is 0 Å². The first-order valence-corrected chi connectivity index (χ1v) is 10.5. The Morgan fingerprint density at radius 2 is 1.82 bits per heavy atom. The molecule has 152 valence electrons. The molecule has 28 heavy (non-hydrogen) atoms. The Labute approximate surface area is 172 Å². The molecule has 0 aliphatic heterocycles. The fraction of sp³-hybridized carbons (Fsp3) is 0.350. The van der Waals surface area contributed by atoms with Crippen LogP contribution in [0.1, 0.15) is 34.3 Å². The van der Waals surface area contributed by atoms with E-state index in [-0.39, 0.29) is 29.3 Å². The fourth-order valence-electron chi connectivity index (χ4n) is 3.02. The van der Waals surface area contributed by atoms with Crippen molar-refractivity contribution in [2.24, 2.45) is 11.7 Å². The number of halogens is 1. The largest absolute Gasteiger partial charge is 0.348 e. The number of nitrogens with two attached hydrogens (primary N) is 1. The zero-order valence-corrected chi connectivity index (χ0v) is 17.6. The minimum absolute atomic E-state index is 0. The molecule has 0 aromatic heterocycles. The summed E-state index contributed by atoms with van der Waals surface area (Å²) in [5.41, 5.74) is 8.16. The van der Waals surface area contributed by atoms with Crippen molar-refractivity contribution in [3.63, 3.8) is 0 Å². The van der Waals surface area contributed by atoms with Crippen molar-refractivity contribution in [3.05, 3.63) is 59.2 Å². The van der Waals surface area contributed by atoms with Crippen LogP contribution in [0, 0.1) is 19.8 Å². The molecule has 3 rings (SSSR count). The molecule has 1 aliphatic carbocycles. The highest BCUT2D eigenvalue weighted by atomic mass is 35.5. The normalized spacial score (nSPS) is 14.7. The second kappa shape index (κ2) is 8.94. The predicted octanol–water partition coefficient (Wildman–Crippen LogP) is 2.99. The summed E-state index contributed by atoms with van der Waals surface area (Å²) in [4.78, 5) is 12.7. The fourth-order valence-corrected chi connectivity index (χ4v) is 4.17. The highest BCUT2D eigenvalue weighted by molar-refractivity contribution is 7.92. The number of sulfonamides is 1. The number of carbonyl (C=O) groups is 1. The molecule has 6 nitrogen and oxygen atoms in total. The van der Waals surface area contributed by atoms with Gasteiger partial charge in [-0.15, -0.1) is 12.4 Å². The summed E-state index contributed by atoms with van der Waals surface area (Å²) in [6.45, 7) is 3.99. The lowest BCUT2D eigenvalue weighted by Crippen LogP contribution is -2.42. The molecule has 2 aromatic carbocycles. The summed E-state index contributed by atoms with van der Waals surface area (Å²) < 4.78 is 28.1. The second-order valence-electron chi connectivity index (χ2n) is 7.05. The number of hydrogen-bond acceptors (Lipinski definition) is 4. The lowest BCUT2D eigenvalue weighted by atomic mass is 10.1. The van der Waals surface area contributed by atoms with Crippen molar-refractivity contribution in [1.82, 2.24) is 5.32 Å². The van der Waals surface area contributed by atoms with Crippen molar-refractivity contribution in [1.29, 1.82) is 0 Å². The third kappa shape index (κ3) is 5.04. The molecule has 0 bridgehead atoms. The van der Waals surface area contributed by atoms with Crippen LogP contribution in [0.5, 0.6) is 0 Å². The van der Waals surface area contributed by atoms with Gasteiger partial charge in [0, 0.05) is 18.2 Å². The van der Waals surface area contributed by atoms with Crippen LogP contribution in [-0.4, -0.2) is 26.9 Å². The highest BCUT2D eigenvalue weighted by Crippen LogP contribution is 2.32. The van der Waals surface area contributed by atoms with Crippen molar-refractivity contribution in [2.75, 3.05) is 11.3 Å². The second-order valence-corrected chi connectivity index (χ2v) is 8.73. The van der Waals surface area contributed by atoms with Gasteiger partial charge in [-0.05, 0) is 61.9 Å². The number of amides is 1. The molecule has 2 aromatic rings. The minimum atomic E-state index is -3.80. The van der Waals surface area contributed by atoms with E-state index in [0.29, 0.717) is 29.3 Å². The van der Waals surface area contributed by atoms with Crippen LogP contribution in [0.25, 0.3) is 0 Å². The standard InChI is InChI=1S/C20H25N3O3S.ClH/c1-13-7-10-16(27(25,26)23-18-6-4-3-5-14(18)2)11-17(13)20(24)22-19(12-21)15-8-9-15;/h3-7,10-11,15,19,23H,8-9,12,21H2,1-2H3,(H,22,24);1H. The van der Waals surface area contributed by atoms with Crippen LogP contribution in [0.15, 0.2) is 47.4 Å². The Kier molecular flexibility index (Phi) is 7.09. The lowest BCUT2D eigenvalue weighted by Gasteiger charge is -2.17. The Hall–Kier alpha value is -2.09. The van der Waals surface area contributed by atoms with Gasteiger partial charge in [0.1, 0.15) is 0 Å². The molecule has 1 fully saturated rings. The molecule has 0 heterocycles. The SMILES string of the molecule is Cc1ccccc1NS(=O)(=O)c1ccc(C)c(C(=O)NC(CN)C2CC2)c1.Cl. The number of benzene rings is 2. The zero-order valence-electron chi connectivity index (χ0n) is 15.9. The van der Waals surface area contributed by atoms with Crippen LogP contribution in [0.4, 0.5) is 5.69 Å². The molecular weight excluding hydrogens is 398 g/mol. The van der Waals surface area contributed by atoms with Gasteiger partial charge >= 0.3 is 0 Å². The van der Waals surface area contributed by atoms with Gasteiger partial charge in [-0.25, -0.2) is 8.42 Å². The van der Waals surface area contributed by atoms with E-state index >= 15 is 0 Å². The Morgan fingerprint density at radius 1 is 1.14 bits per heavy atom. The maximum atomic E-state index is 12.8. The molecule has 1 unspecified atom stereocenters. The van der Waals surface area contributed by atoms with Crippen LogP contribution >= 0.6 is 12.4 Å². The molecule has 1 atom stereocenters. The van der Waals surface area contributed by atoms with Gasteiger partial charge in [-0.3, -0.25) is 9.52 Å². The van der Waals surface area contributed by atoms with Crippen molar-refractivity contribution in [3.8, 4) is 0 Å². The first-order chi connectivity index (χ1) is 12.8. The molecule has 4 N–H and O–H groups in total. The van der Waals surface area contributed by atoms with E-state index in [0.717, 1.165) is 18.4 Å². The summed E-state index contributed by atoms with van der Waals surface area (Å²) in [5, 5.41) is 2.94. The molecular formula is C20H26ClN3O3S. The van der Waals surface area contributed by atoms with Crippen molar-refractivity contribution in [2.45, 2.75) is 37.6 Å². The zero-order chi connectivity index (χ0) is 19.6. The Bertz CT molecular complexity index is 959. The number of carbonyl (C=O) groups excluding carboxylic acids is 1. The van der Waals surface area contributed by atoms with Crippen LogP contribution in [-0.2, 0) is 10.0 Å². The van der Waals surface area contributed by atoms with E-state index in [1.165, 1.54) is 12.1 Å². The number of rotatable bonds is 7. The maximum absolute atomic E-state index is 12.8. The van der Waals surface area contributed by atoms with Gasteiger partial charge in [-0.2, -0.15) is 0 Å². The molecule has 0 saturated heterocycles. The molecule has 1 aliphatic rings. The summed E-state index contributed by atoms with van der Waals surface area (Å²) >= 11 is 0. The van der Waals surface area contributed by atoms with Gasteiger partial charge in [-0.1, -0.05) is 24.3 Å². The topological polar surface area (TPSA) is 101 Å². The predicted molar refractivity (Wildman–Crippen MR) is 113 cm³/mol. The van der Waals surface area contributed by atoms with E-state index in [2.05, 4.69) is 10.0 Å². The molecule has 0 radical (unpaired) electrons. The van der Waals surface area contributed by atoms with Crippen molar-refractivity contribution < 1.29 is 13.2 Å². The van der Waals surface area contributed by atoms with E-state index in [9.17, 15) is 13.2 Å². The van der Waals surface area contributed by atoms with Gasteiger partial charge in [0.05, 0.1) is 10.6 Å². The number of anilines is 1. The van der Waals surface area contributed by atoms with Crippen LogP contribution < -0.4 is 15.8 Å². The lowest BCUT2D eigenvalue weighted by molar-refractivity contribution is 0.0932.